The number of hydrazine groups is 1. The molecule has 6 rings (SSSR count). The zero-order valence-electron chi connectivity index (χ0n) is 18.5. The summed E-state index contributed by atoms with van der Waals surface area (Å²) in [6.07, 6.45) is 3.03. The standard InChI is InChI=1S/C25H26N6O2S/c32-34(33,20-12-10-16-5-1-2-6-17(16)13-20)31-25-24(28-21-7-3-4-8-22(21)29-25)27-19-11-9-18-15-26-30-23(18)14-19/h1-8,10,12-13,18-19,23,26,30H,9,11,14-15H2,(H,27,28)(H,29,31). The molecule has 174 valence electrons. The average molecular weight is 475 g/mol. The maximum atomic E-state index is 13.4. The van der Waals surface area contributed by atoms with E-state index in [0.29, 0.717) is 28.8 Å². The van der Waals surface area contributed by atoms with Gasteiger partial charge in [0.2, 0.25) is 0 Å². The van der Waals surface area contributed by atoms with Gasteiger partial charge in [-0.05, 0) is 60.2 Å². The van der Waals surface area contributed by atoms with E-state index in [-0.39, 0.29) is 16.8 Å². The molecule has 1 aliphatic heterocycles. The Balaban J connectivity index is 1.34. The molecule has 0 amide bonds. The molecule has 1 aliphatic carbocycles. The third-order valence-electron chi connectivity index (χ3n) is 6.82. The van der Waals surface area contributed by atoms with Crippen LogP contribution in [0.3, 0.4) is 0 Å². The van der Waals surface area contributed by atoms with Gasteiger partial charge in [0.1, 0.15) is 0 Å². The first-order chi connectivity index (χ1) is 16.5. The Morgan fingerprint density at radius 1 is 0.853 bits per heavy atom. The summed E-state index contributed by atoms with van der Waals surface area (Å²) in [5, 5.41) is 5.34. The number of benzene rings is 3. The van der Waals surface area contributed by atoms with Gasteiger partial charge < -0.3 is 5.32 Å². The van der Waals surface area contributed by atoms with Crippen LogP contribution >= 0.6 is 0 Å². The fourth-order valence-corrected chi connectivity index (χ4v) is 6.04. The number of hydrogen-bond acceptors (Lipinski definition) is 7. The zero-order chi connectivity index (χ0) is 23.1. The summed E-state index contributed by atoms with van der Waals surface area (Å²) in [5.74, 6) is 1.30. The van der Waals surface area contributed by atoms with Crippen LogP contribution in [-0.4, -0.2) is 37.0 Å². The van der Waals surface area contributed by atoms with E-state index in [0.717, 1.165) is 36.6 Å². The highest BCUT2D eigenvalue weighted by atomic mass is 32.2. The van der Waals surface area contributed by atoms with Gasteiger partial charge in [-0.15, -0.1) is 0 Å². The van der Waals surface area contributed by atoms with Gasteiger partial charge in [0.15, 0.2) is 11.6 Å². The van der Waals surface area contributed by atoms with E-state index in [9.17, 15) is 8.42 Å². The van der Waals surface area contributed by atoms with Crippen LogP contribution in [0.15, 0.2) is 71.6 Å². The largest absolute Gasteiger partial charge is 0.364 e. The van der Waals surface area contributed by atoms with Crippen molar-refractivity contribution >= 4 is 43.5 Å². The van der Waals surface area contributed by atoms with E-state index in [1.807, 2.05) is 54.6 Å². The molecule has 1 saturated heterocycles. The zero-order valence-corrected chi connectivity index (χ0v) is 19.3. The highest BCUT2D eigenvalue weighted by Gasteiger charge is 2.34. The Labute approximate surface area is 198 Å². The first-order valence-corrected chi connectivity index (χ1v) is 13.1. The number of fused-ring (bicyclic) bond motifs is 3. The lowest BCUT2D eigenvalue weighted by molar-refractivity contribution is 0.314. The van der Waals surface area contributed by atoms with Gasteiger partial charge in [-0.3, -0.25) is 15.6 Å². The number of rotatable bonds is 5. The summed E-state index contributed by atoms with van der Waals surface area (Å²) >= 11 is 0. The number of aromatic nitrogens is 2. The summed E-state index contributed by atoms with van der Waals surface area (Å²) in [6.45, 7) is 0.990. The molecule has 34 heavy (non-hydrogen) atoms. The monoisotopic (exact) mass is 474 g/mol. The Bertz CT molecular complexity index is 1480. The van der Waals surface area contributed by atoms with Crippen LogP contribution in [0.4, 0.5) is 11.6 Å². The van der Waals surface area contributed by atoms with Gasteiger partial charge in [0, 0.05) is 18.6 Å². The maximum absolute atomic E-state index is 13.4. The van der Waals surface area contributed by atoms with Gasteiger partial charge in [-0.25, -0.2) is 18.4 Å². The van der Waals surface area contributed by atoms with Crippen molar-refractivity contribution in [3.05, 3.63) is 66.7 Å². The number of anilines is 2. The Hall–Kier alpha value is -3.27. The van der Waals surface area contributed by atoms with Crippen LogP contribution in [-0.2, 0) is 10.0 Å². The smallest absolute Gasteiger partial charge is 0.263 e. The van der Waals surface area contributed by atoms with Crippen molar-refractivity contribution in [1.29, 1.82) is 0 Å². The van der Waals surface area contributed by atoms with E-state index in [4.69, 9.17) is 4.98 Å². The topological polar surface area (TPSA) is 108 Å². The third kappa shape index (κ3) is 4.06. The summed E-state index contributed by atoms with van der Waals surface area (Å²) in [6, 6.07) is 20.9. The van der Waals surface area contributed by atoms with E-state index >= 15 is 0 Å². The highest BCUT2D eigenvalue weighted by Crippen LogP contribution is 2.31. The number of nitrogens with one attached hydrogen (secondary N) is 4. The molecule has 3 atom stereocenters. The molecule has 2 aliphatic rings. The van der Waals surface area contributed by atoms with Gasteiger partial charge in [0.25, 0.3) is 10.0 Å². The SMILES string of the molecule is O=S(=O)(Nc1nc2ccccc2nc1NC1CCC2CNNC2C1)c1ccc2ccccc2c1. The molecule has 8 nitrogen and oxygen atoms in total. The van der Waals surface area contributed by atoms with Crippen molar-refractivity contribution in [3.8, 4) is 0 Å². The molecule has 0 bridgehead atoms. The minimum atomic E-state index is -3.87. The predicted molar refractivity (Wildman–Crippen MR) is 134 cm³/mol. The van der Waals surface area contributed by atoms with E-state index in [1.165, 1.54) is 0 Å². The van der Waals surface area contributed by atoms with Crippen LogP contribution in [0.1, 0.15) is 19.3 Å². The number of sulfonamides is 1. The van der Waals surface area contributed by atoms with Crippen LogP contribution in [0, 0.1) is 5.92 Å². The second kappa shape index (κ2) is 8.50. The Kier molecular flexibility index (Phi) is 5.32. The lowest BCUT2D eigenvalue weighted by Crippen LogP contribution is -2.40. The van der Waals surface area contributed by atoms with Gasteiger partial charge in [-0.1, -0.05) is 42.5 Å². The van der Waals surface area contributed by atoms with Crippen molar-refractivity contribution in [3.63, 3.8) is 0 Å². The van der Waals surface area contributed by atoms with Gasteiger partial charge >= 0.3 is 0 Å². The fourth-order valence-electron chi connectivity index (χ4n) is 4.99. The molecule has 4 aromatic rings. The molecule has 2 heterocycles. The molecule has 3 unspecified atom stereocenters. The second-order valence-electron chi connectivity index (χ2n) is 9.07. The molecule has 4 N–H and O–H groups in total. The minimum Gasteiger partial charge on any atom is -0.364 e. The molecule has 0 radical (unpaired) electrons. The number of para-hydroxylation sites is 2. The molecule has 3 aromatic carbocycles. The third-order valence-corrected chi connectivity index (χ3v) is 8.16. The van der Waals surface area contributed by atoms with Crippen molar-refractivity contribution in [2.75, 3.05) is 16.6 Å². The van der Waals surface area contributed by atoms with Crippen molar-refractivity contribution < 1.29 is 8.42 Å². The van der Waals surface area contributed by atoms with E-state index in [2.05, 4.69) is 25.9 Å². The van der Waals surface area contributed by atoms with Crippen LogP contribution in [0.25, 0.3) is 21.8 Å². The minimum absolute atomic E-state index is 0.174. The first-order valence-electron chi connectivity index (χ1n) is 11.6. The van der Waals surface area contributed by atoms with Crippen LogP contribution in [0.2, 0.25) is 0 Å². The molecular formula is C25H26N6O2S. The van der Waals surface area contributed by atoms with E-state index < -0.39 is 10.0 Å². The molecule has 2 fully saturated rings. The quantitative estimate of drug-likeness (QED) is 0.350. The summed E-state index contributed by atoms with van der Waals surface area (Å²) in [7, 11) is -3.87. The van der Waals surface area contributed by atoms with Crippen molar-refractivity contribution in [2.45, 2.75) is 36.2 Å². The Morgan fingerprint density at radius 3 is 2.41 bits per heavy atom. The lowest BCUT2D eigenvalue weighted by Gasteiger charge is -2.32. The van der Waals surface area contributed by atoms with Gasteiger partial charge in [-0.2, -0.15) is 0 Å². The number of hydrogen-bond donors (Lipinski definition) is 4. The van der Waals surface area contributed by atoms with Crippen molar-refractivity contribution in [1.82, 2.24) is 20.8 Å². The molecule has 1 aromatic heterocycles. The predicted octanol–water partition coefficient (Wildman–Crippen LogP) is 3.64. The highest BCUT2D eigenvalue weighted by molar-refractivity contribution is 7.92. The van der Waals surface area contributed by atoms with E-state index in [1.54, 1.807) is 12.1 Å². The first kappa shape index (κ1) is 21.3. The lowest BCUT2D eigenvalue weighted by atomic mass is 9.83. The summed E-state index contributed by atoms with van der Waals surface area (Å²) in [5.41, 5.74) is 7.95. The maximum Gasteiger partial charge on any atom is 0.263 e. The molecule has 9 heteroatoms. The summed E-state index contributed by atoms with van der Waals surface area (Å²) in [4.78, 5) is 9.57. The van der Waals surface area contributed by atoms with Crippen molar-refractivity contribution in [2.24, 2.45) is 5.92 Å². The van der Waals surface area contributed by atoms with Crippen LogP contribution < -0.4 is 20.9 Å². The summed E-state index contributed by atoms with van der Waals surface area (Å²) < 4.78 is 29.4. The molecular weight excluding hydrogens is 448 g/mol. The van der Waals surface area contributed by atoms with Crippen LogP contribution in [0.5, 0.6) is 0 Å². The molecule has 0 spiro atoms. The Morgan fingerprint density at radius 2 is 1.59 bits per heavy atom. The second-order valence-corrected chi connectivity index (χ2v) is 10.8. The fraction of sp³-hybridized carbons (Fsp3) is 0.280. The number of nitrogens with zero attached hydrogens (tertiary/aromatic N) is 2. The normalized spacial score (nSPS) is 22.5. The van der Waals surface area contributed by atoms with Gasteiger partial charge in [0.05, 0.1) is 15.9 Å². The molecule has 1 saturated carbocycles. The average Bonchev–Trinajstić information content (AvgIpc) is 3.32.